The topological polar surface area (TPSA) is 35.5 Å². The molecule has 0 heterocycles. The highest BCUT2D eigenvalue weighted by Gasteiger charge is 2.34. The first-order valence-corrected chi connectivity index (χ1v) is 9.23. The summed E-state index contributed by atoms with van der Waals surface area (Å²) >= 11 is 0. The van der Waals surface area contributed by atoms with Crippen LogP contribution in [-0.2, 0) is 20.9 Å². The van der Waals surface area contributed by atoms with Crippen molar-refractivity contribution in [3.8, 4) is 0 Å². The number of ether oxygens (including phenoxy) is 2. The summed E-state index contributed by atoms with van der Waals surface area (Å²) in [6.45, 7) is 1.98. The van der Waals surface area contributed by atoms with Crippen LogP contribution in [0.4, 0.5) is 0 Å². The van der Waals surface area contributed by atoms with Gasteiger partial charge in [-0.2, -0.15) is 0 Å². The Morgan fingerprint density at radius 2 is 1.70 bits per heavy atom. The van der Waals surface area contributed by atoms with E-state index in [1.807, 2.05) is 36.4 Å². The number of benzene rings is 3. The van der Waals surface area contributed by atoms with Crippen LogP contribution < -0.4 is 0 Å². The molecule has 0 amide bonds. The molecule has 1 aliphatic carbocycles. The van der Waals surface area contributed by atoms with Gasteiger partial charge >= 0.3 is 5.97 Å². The molecule has 136 valence electrons. The monoisotopic (exact) mass is 358 g/mol. The van der Waals surface area contributed by atoms with Crippen LogP contribution in [0.2, 0.25) is 0 Å². The van der Waals surface area contributed by atoms with E-state index in [-0.39, 0.29) is 18.0 Å². The van der Waals surface area contributed by atoms with Crippen molar-refractivity contribution >= 4 is 16.7 Å². The zero-order valence-electron chi connectivity index (χ0n) is 15.3. The molecular formula is C24H22O3. The van der Waals surface area contributed by atoms with E-state index in [2.05, 4.69) is 42.5 Å². The summed E-state index contributed by atoms with van der Waals surface area (Å²) < 4.78 is 11.8. The summed E-state index contributed by atoms with van der Waals surface area (Å²) in [4.78, 5) is 11.6. The van der Waals surface area contributed by atoms with Crippen molar-refractivity contribution < 1.29 is 14.3 Å². The smallest absolute Gasteiger partial charge is 0.307 e. The minimum absolute atomic E-state index is 0.0549. The van der Waals surface area contributed by atoms with Crippen molar-refractivity contribution in [2.75, 3.05) is 0 Å². The predicted molar refractivity (Wildman–Crippen MR) is 106 cm³/mol. The van der Waals surface area contributed by atoms with Gasteiger partial charge in [-0.1, -0.05) is 72.8 Å². The second kappa shape index (κ2) is 7.77. The fourth-order valence-corrected chi connectivity index (χ4v) is 3.67. The fourth-order valence-electron chi connectivity index (χ4n) is 3.67. The number of fused-ring (bicyclic) bond motifs is 1. The predicted octanol–water partition coefficient (Wildman–Crippen LogP) is 5.36. The highest BCUT2D eigenvalue weighted by molar-refractivity contribution is 5.83. The van der Waals surface area contributed by atoms with E-state index < -0.39 is 0 Å². The molecule has 0 saturated carbocycles. The molecule has 0 saturated heterocycles. The second-order valence-electron chi connectivity index (χ2n) is 6.86. The fraction of sp³-hybridized carbons (Fsp3) is 0.208. The Kier molecular flexibility index (Phi) is 5.03. The molecule has 3 nitrogen and oxygen atoms in total. The van der Waals surface area contributed by atoms with Crippen LogP contribution in [0.25, 0.3) is 10.8 Å². The summed E-state index contributed by atoms with van der Waals surface area (Å²) in [6.07, 6.45) is 2.66. The zero-order chi connectivity index (χ0) is 18.6. The average Bonchev–Trinajstić information content (AvgIpc) is 3.08. The maximum absolute atomic E-state index is 11.6. The van der Waals surface area contributed by atoms with Crippen molar-refractivity contribution in [3.63, 3.8) is 0 Å². The summed E-state index contributed by atoms with van der Waals surface area (Å²) in [5.41, 5.74) is 2.24. The van der Waals surface area contributed by atoms with Crippen molar-refractivity contribution in [3.05, 3.63) is 95.8 Å². The molecule has 3 aromatic carbocycles. The largest absolute Gasteiger partial charge is 0.431 e. The van der Waals surface area contributed by atoms with Crippen molar-refractivity contribution in [1.29, 1.82) is 0 Å². The van der Waals surface area contributed by atoms with E-state index >= 15 is 0 Å². The second-order valence-corrected chi connectivity index (χ2v) is 6.86. The van der Waals surface area contributed by atoms with Gasteiger partial charge < -0.3 is 9.47 Å². The minimum atomic E-state index is -0.296. The van der Waals surface area contributed by atoms with Gasteiger partial charge in [0.15, 0.2) is 0 Å². The van der Waals surface area contributed by atoms with Gasteiger partial charge in [0.25, 0.3) is 0 Å². The first kappa shape index (κ1) is 17.5. The maximum atomic E-state index is 11.6. The van der Waals surface area contributed by atoms with Crippen LogP contribution in [0.3, 0.4) is 0 Å². The lowest BCUT2D eigenvalue weighted by Crippen LogP contribution is -2.20. The number of esters is 1. The highest BCUT2D eigenvalue weighted by atomic mass is 16.5. The number of hydrogen-bond acceptors (Lipinski definition) is 3. The Bertz CT molecular complexity index is 975. The van der Waals surface area contributed by atoms with Gasteiger partial charge in [0.1, 0.15) is 5.76 Å². The molecule has 1 aliphatic rings. The van der Waals surface area contributed by atoms with E-state index in [4.69, 9.17) is 9.47 Å². The third-order valence-corrected chi connectivity index (χ3v) is 4.93. The number of hydrogen-bond donors (Lipinski definition) is 0. The van der Waals surface area contributed by atoms with Crippen LogP contribution in [0, 0.1) is 0 Å². The van der Waals surface area contributed by atoms with E-state index in [9.17, 15) is 4.79 Å². The molecule has 0 spiro atoms. The molecular weight excluding hydrogens is 336 g/mol. The number of rotatable bonds is 5. The van der Waals surface area contributed by atoms with Gasteiger partial charge in [-0.3, -0.25) is 4.79 Å². The molecule has 0 bridgehead atoms. The van der Waals surface area contributed by atoms with Gasteiger partial charge in [0.2, 0.25) is 0 Å². The summed E-state index contributed by atoms with van der Waals surface area (Å²) in [6, 6.07) is 24.8. The van der Waals surface area contributed by atoms with E-state index in [1.54, 1.807) is 0 Å². The lowest BCUT2D eigenvalue weighted by Gasteiger charge is -2.23. The van der Waals surface area contributed by atoms with Gasteiger partial charge in [0.05, 0.1) is 18.6 Å². The van der Waals surface area contributed by atoms with Crippen LogP contribution in [0.15, 0.2) is 84.6 Å². The van der Waals surface area contributed by atoms with Gasteiger partial charge in [0, 0.05) is 6.92 Å². The Hall–Kier alpha value is -2.91. The zero-order valence-corrected chi connectivity index (χ0v) is 15.3. The average molecular weight is 358 g/mol. The number of carbonyl (C=O) groups excluding carboxylic acids is 1. The van der Waals surface area contributed by atoms with Gasteiger partial charge in [-0.05, 0) is 34.4 Å². The highest BCUT2D eigenvalue weighted by Crippen LogP contribution is 2.39. The molecule has 2 atom stereocenters. The third kappa shape index (κ3) is 3.93. The molecule has 3 heteroatoms. The molecule has 0 unspecified atom stereocenters. The molecule has 27 heavy (non-hydrogen) atoms. The van der Waals surface area contributed by atoms with Crippen molar-refractivity contribution in [2.45, 2.75) is 32.0 Å². The molecule has 3 aromatic rings. The Morgan fingerprint density at radius 1 is 0.963 bits per heavy atom. The van der Waals surface area contributed by atoms with Crippen LogP contribution in [0.1, 0.15) is 30.4 Å². The molecule has 0 aromatic heterocycles. The standard InChI is InChI=1S/C24H22O3/c1-17(25)27-23-14-13-22(26-16-18-7-3-2-4-8-18)24(23)21-12-11-19-9-5-6-10-20(19)15-21/h2-12,14-15,22,24H,13,16H2,1H3/t22-,24+/m1/s1. The quantitative estimate of drug-likeness (QED) is 0.576. The lowest BCUT2D eigenvalue weighted by molar-refractivity contribution is -0.137. The Labute approximate surface area is 159 Å². The van der Waals surface area contributed by atoms with Crippen molar-refractivity contribution in [1.82, 2.24) is 0 Å². The van der Waals surface area contributed by atoms with Crippen molar-refractivity contribution in [2.24, 2.45) is 0 Å². The van der Waals surface area contributed by atoms with Gasteiger partial charge in [-0.15, -0.1) is 0 Å². The first-order valence-electron chi connectivity index (χ1n) is 9.23. The maximum Gasteiger partial charge on any atom is 0.307 e. The van der Waals surface area contributed by atoms with Gasteiger partial charge in [-0.25, -0.2) is 0 Å². The third-order valence-electron chi connectivity index (χ3n) is 4.93. The SMILES string of the molecule is CC(=O)OC1=CC[C@@H](OCc2ccccc2)[C@@H]1c1ccc2ccccc2c1. The first-order chi connectivity index (χ1) is 13.2. The lowest BCUT2D eigenvalue weighted by atomic mass is 9.92. The number of carbonyl (C=O) groups is 1. The molecule has 4 rings (SSSR count). The minimum Gasteiger partial charge on any atom is -0.431 e. The summed E-state index contributed by atoms with van der Waals surface area (Å²) in [5.74, 6) is 0.314. The molecule has 0 aliphatic heterocycles. The normalized spacial score (nSPS) is 19.1. The van der Waals surface area contributed by atoms with Crippen LogP contribution in [0.5, 0.6) is 0 Å². The van der Waals surface area contributed by atoms with E-state index in [1.165, 1.54) is 17.7 Å². The van der Waals surface area contributed by atoms with Crippen LogP contribution >= 0.6 is 0 Å². The van der Waals surface area contributed by atoms with E-state index in [0.717, 1.165) is 17.5 Å². The Balaban J connectivity index is 1.61. The molecule has 0 radical (unpaired) electrons. The summed E-state index contributed by atoms with van der Waals surface area (Å²) in [7, 11) is 0. The van der Waals surface area contributed by atoms with E-state index in [0.29, 0.717) is 12.4 Å². The summed E-state index contributed by atoms with van der Waals surface area (Å²) in [5, 5.41) is 2.37. The Morgan fingerprint density at radius 3 is 2.48 bits per heavy atom. The van der Waals surface area contributed by atoms with Crippen LogP contribution in [-0.4, -0.2) is 12.1 Å². The molecule has 0 N–H and O–H groups in total. The molecule has 0 fully saturated rings.